The molecule has 1 aromatic carbocycles. The lowest BCUT2D eigenvalue weighted by Crippen LogP contribution is -2.25. The maximum atomic E-state index is 13.6. The molecule has 106 valence electrons. The number of ether oxygens (including phenoxy) is 1. The van der Waals surface area contributed by atoms with Gasteiger partial charge in [0.2, 0.25) is 0 Å². The maximum absolute atomic E-state index is 13.6. The van der Waals surface area contributed by atoms with Gasteiger partial charge in [0.15, 0.2) is 0 Å². The summed E-state index contributed by atoms with van der Waals surface area (Å²) in [5.74, 6) is -0.560. The van der Waals surface area contributed by atoms with Crippen LogP contribution in [0.25, 0.3) is 0 Å². The molecular weight excluding hydrogens is 247 g/mol. The first-order valence-corrected chi connectivity index (χ1v) is 6.51. The Kier molecular flexibility index (Phi) is 6.89. The van der Waals surface area contributed by atoms with Gasteiger partial charge >= 0.3 is 0 Å². The lowest BCUT2D eigenvalue weighted by Gasteiger charge is -2.07. The SMILES string of the molecule is COc1ccc(C(=O)NCCCCCCN)c(F)c1. The molecular formula is C14H21FN2O2. The molecule has 0 aromatic heterocycles. The highest BCUT2D eigenvalue weighted by molar-refractivity contribution is 5.94. The summed E-state index contributed by atoms with van der Waals surface area (Å²) in [6.45, 7) is 1.25. The molecule has 19 heavy (non-hydrogen) atoms. The Balaban J connectivity index is 2.37. The fourth-order valence-corrected chi connectivity index (χ4v) is 1.73. The third kappa shape index (κ3) is 5.26. The van der Waals surface area contributed by atoms with Crippen molar-refractivity contribution in [3.05, 3.63) is 29.6 Å². The number of hydrogen-bond donors (Lipinski definition) is 2. The highest BCUT2D eigenvalue weighted by Crippen LogP contribution is 2.16. The van der Waals surface area contributed by atoms with Crippen molar-refractivity contribution in [1.29, 1.82) is 0 Å². The van der Waals surface area contributed by atoms with Gasteiger partial charge in [0.05, 0.1) is 12.7 Å². The van der Waals surface area contributed by atoms with Crippen LogP contribution in [-0.4, -0.2) is 26.1 Å². The summed E-state index contributed by atoms with van der Waals surface area (Å²) in [5, 5.41) is 2.70. The van der Waals surface area contributed by atoms with Crippen LogP contribution < -0.4 is 15.8 Å². The standard InChI is InChI=1S/C14H21FN2O2/c1-19-11-6-7-12(13(15)10-11)14(18)17-9-5-3-2-4-8-16/h6-7,10H,2-5,8-9,16H2,1H3,(H,17,18). The van der Waals surface area contributed by atoms with E-state index in [0.29, 0.717) is 18.8 Å². The van der Waals surface area contributed by atoms with Gasteiger partial charge in [-0.25, -0.2) is 4.39 Å². The van der Waals surface area contributed by atoms with Crippen molar-refractivity contribution in [2.45, 2.75) is 25.7 Å². The number of rotatable bonds is 8. The number of benzene rings is 1. The van der Waals surface area contributed by atoms with E-state index in [4.69, 9.17) is 10.5 Å². The van der Waals surface area contributed by atoms with Crippen LogP contribution in [0, 0.1) is 5.82 Å². The number of carbonyl (C=O) groups is 1. The van der Waals surface area contributed by atoms with Crippen LogP contribution in [0.15, 0.2) is 18.2 Å². The molecule has 4 nitrogen and oxygen atoms in total. The smallest absolute Gasteiger partial charge is 0.254 e. The summed E-state index contributed by atoms with van der Waals surface area (Å²) < 4.78 is 18.5. The van der Waals surface area contributed by atoms with E-state index in [1.165, 1.54) is 19.2 Å². The van der Waals surface area contributed by atoms with E-state index < -0.39 is 5.82 Å². The lowest BCUT2D eigenvalue weighted by molar-refractivity contribution is 0.0949. The molecule has 0 saturated heterocycles. The molecule has 0 aliphatic rings. The Hall–Kier alpha value is -1.62. The van der Waals surface area contributed by atoms with Crippen LogP contribution in [0.1, 0.15) is 36.0 Å². The van der Waals surface area contributed by atoms with Gasteiger partial charge in [0, 0.05) is 12.6 Å². The zero-order valence-electron chi connectivity index (χ0n) is 11.2. The van der Waals surface area contributed by atoms with Crippen molar-refractivity contribution in [2.75, 3.05) is 20.2 Å². The fourth-order valence-electron chi connectivity index (χ4n) is 1.73. The molecule has 0 aliphatic heterocycles. The van der Waals surface area contributed by atoms with E-state index in [0.717, 1.165) is 25.7 Å². The summed E-state index contributed by atoms with van der Waals surface area (Å²) in [6.07, 6.45) is 3.95. The average Bonchev–Trinajstić information content (AvgIpc) is 2.42. The van der Waals surface area contributed by atoms with E-state index >= 15 is 0 Å². The average molecular weight is 268 g/mol. The van der Waals surface area contributed by atoms with Gasteiger partial charge in [0.1, 0.15) is 11.6 Å². The zero-order valence-corrected chi connectivity index (χ0v) is 11.2. The van der Waals surface area contributed by atoms with Crippen molar-refractivity contribution >= 4 is 5.91 Å². The first-order valence-electron chi connectivity index (χ1n) is 6.51. The van der Waals surface area contributed by atoms with Gasteiger partial charge in [-0.1, -0.05) is 12.8 Å². The predicted octanol–water partition coefficient (Wildman–Crippen LogP) is 2.08. The number of unbranched alkanes of at least 4 members (excludes halogenated alkanes) is 3. The lowest BCUT2D eigenvalue weighted by atomic mass is 10.1. The number of nitrogens with two attached hydrogens (primary N) is 1. The van der Waals surface area contributed by atoms with Gasteiger partial charge in [-0.05, 0) is 31.5 Å². The molecule has 5 heteroatoms. The Bertz CT molecular complexity index is 410. The summed E-state index contributed by atoms with van der Waals surface area (Å²) >= 11 is 0. The molecule has 0 aliphatic carbocycles. The summed E-state index contributed by atoms with van der Waals surface area (Å²) in [5.41, 5.74) is 5.43. The fraction of sp³-hybridized carbons (Fsp3) is 0.500. The topological polar surface area (TPSA) is 64.3 Å². The minimum absolute atomic E-state index is 0.0442. The molecule has 3 N–H and O–H groups in total. The van der Waals surface area contributed by atoms with Crippen molar-refractivity contribution in [1.82, 2.24) is 5.32 Å². The molecule has 0 spiro atoms. The van der Waals surface area contributed by atoms with E-state index in [1.807, 2.05) is 0 Å². The molecule has 1 aromatic rings. The second-order valence-corrected chi connectivity index (χ2v) is 4.30. The number of methoxy groups -OCH3 is 1. The Morgan fingerprint density at radius 1 is 1.32 bits per heavy atom. The van der Waals surface area contributed by atoms with Crippen LogP contribution in [0.4, 0.5) is 4.39 Å². The van der Waals surface area contributed by atoms with Gasteiger partial charge in [0.25, 0.3) is 5.91 Å². The molecule has 1 rings (SSSR count). The number of carbonyl (C=O) groups excluding carboxylic acids is 1. The zero-order chi connectivity index (χ0) is 14.1. The monoisotopic (exact) mass is 268 g/mol. The van der Waals surface area contributed by atoms with E-state index in [9.17, 15) is 9.18 Å². The predicted molar refractivity (Wildman–Crippen MR) is 72.8 cm³/mol. The van der Waals surface area contributed by atoms with Crippen LogP contribution >= 0.6 is 0 Å². The number of nitrogens with one attached hydrogen (secondary N) is 1. The van der Waals surface area contributed by atoms with E-state index in [1.54, 1.807) is 6.07 Å². The molecule has 0 fully saturated rings. The normalized spacial score (nSPS) is 10.3. The molecule has 0 heterocycles. The second kappa shape index (κ2) is 8.48. The summed E-state index contributed by atoms with van der Waals surface area (Å²) in [7, 11) is 1.45. The van der Waals surface area contributed by atoms with Crippen molar-refractivity contribution in [2.24, 2.45) is 5.73 Å². The van der Waals surface area contributed by atoms with Crippen LogP contribution in [0.5, 0.6) is 5.75 Å². The van der Waals surface area contributed by atoms with E-state index in [2.05, 4.69) is 5.32 Å². The second-order valence-electron chi connectivity index (χ2n) is 4.30. The first-order chi connectivity index (χ1) is 9.19. The van der Waals surface area contributed by atoms with Crippen molar-refractivity contribution < 1.29 is 13.9 Å². The van der Waals surface area contributed by atoms with Gasteiger partial charge in [-0.3, -0.25) is 4.79 Å². The van der Waals surface area contributed by atoms with Crippen molar-refractivity contribution in [3.8, 4) is 5.75 Å². The minimum Gasteiger partial charge on any atom is -0.497 e. The number of hydrogen-bond acceptors (Lipinski definition) is 3. The third-order valence-corrected chi connectivity index (χ3v) is 2.84. The number of halogens is 1. The molecule has 0 saturated carbocycles. The first kappa shape index (κ1) is 15.4. The molecule has 0 radical (unpaired) electrons. The Labute approximate surface area is 113 Å². The Morgan fingerprint density at radius 3 is 2.68 bits per heavy atom. The van der Waals surface area contributed by atoms with Crippen LogP contribution in [0.2, 0.25) is 0 Å². The molecule has 0 unspecified atom stereocenters. The molecule has 0 atom stereocenters. The van der Waals surface area contributed by atoms with Gasteiger partial charge < -0.3 is 15.8 Å². The molecule has 0 bridgehead atoms. The van der Waals surface area contributed by atoms with Gasteiger partial charge in [-0.2, -0.15) is 0 Å². The third-order valence-electron chi connectivity index (χ3n) is 2.84. The summed E-state index contributed by atoms with van der Waals surface area (Å²) in [6, 6.07) is 4.20. The Morgan fingerprint density at radius 2 is 2.05 bits per heavy atom. The van der Waals surface area contributed by atoms with Crippen LogP contribution in [-0.2, 0) is 0 Å². The quantitative estimate of drug-likeness (QED) is 0.709. The van der Waals surface area contributed by atoms with Crippen LogP contribution in [0.3, 0.4) is 0 Å². The highest BCUT2D eigenvalue weighted by Gasteiger charge is 2.11. The summed E-state index contributed by atoms with van der Waals surface area (Å²) in [4.78, 5) is 11.7. The maximum Gasteiger partial charge on any atom is 0.254 e. The number of amides is 1. The molecule has 1 amide bonds. The minimum atomic E-state index is -0.569. The highest BCUT2D eigenvalue weighted by atomic mass is 19.1. The van der Waals surface area contributed by atoms with Crippen molar-refractivity contribution in [3.63, 3.8) is 0 Å². The largest absolute Gasteiger partial charge is 0.497 e. The van der Waals surface area contributed by atoms with E-state index in [-0.39, 0.29) is 11.5 Å². The van der Waals surface area contributed by atoms with Gasteiger partial charge in [-0.15, -0.1) is 0 Å².